The summed E-state index contributed by atoms with van der Waals surface area (Å²) in [5.41, 5.74) is 2.43. The van der Waals surface area contributed by atoms with Crippen molar-refractivity contribution in [1.82, 2.24) is 4.90 Å². The number of rotatable bonds is 4. The van der Waals surface area contributed by atoms with Gasteiger partial charge in [-0.15, -0.1) is 0 Å². The number of methoxy groups -OCH3 is 1. The van der Waals surface area contributed by atoms with E-state index >= 15 is 0 Å². The normalized spacial score (nSPS) is 16.9. The molecule has 0 aromatic heterocycles. The molecule has 1 aliphatic heterocycles. The summed E-state index contributed by atoms with van der Waals surface area (Å²) in [4.78, 5) is 2.38. The molecule has 0 N–H and O–H groups in total. The van der Waals surface area contributed by atoms with Gasteiger partial charge in [0.25, 0.3) is 0 Å². The second-order valence-corrected chi connectivity index (χ2v) is 5.65. The molecular weight excluding hydrogens is 262 g/mol. The van der Waals surface area contributed by atoms with Gasteiger partial charge in [-0.05, 0) is 17.5 Å². The minimum Gasteiger partial charge on any atom is -0.495 e. The summed E-state index contributed by atoms with van der Waals surface area (Å²) in [6, 6.07) is 4.22. The van der Waals surface area contributed by atoms with Crippen LogP contribution < -0.4 is 4.74 Å². The molecule has 106 valence electrons. The zero-order chi connectivity index (χ0) is 13.8. The molecule has 0 saturated carbocycles. The fourth-order valence-corrected chi connectivity index (χ4v) is 2.68. The first-order chi connectivity index (χ1) is 9.11. The molecule has 1 saturated heterocycles. The summed E-state index contributed by atoms with van der Waals surface area (Å²) in [5, 5.41) is 0.706. The second-order valence-electron chi connectivity index (χ2n) is 5.24. The van der Waals surface area contributed by atoms with Crippen molar-refractivity contribution >= 4 is 11.6 Å². The molecule has 0 unspecified atom stereocenters. The van der Waals surface area contributed by atoms with Crippen LogP contribution in [0.4, 0.5) is 0 Å². The number of halogens is 1. The second kappa shape index (κ2) is 6.60. The zero-order valence-electron chi connectivity index (χ0n) is 11.9. The molecule has 1 fully saturated rings. The summed E-state index contributed by atoms with van der Waals surface area (Å²) >= 11 is 6.33. The lowest BCUT2D eigenvalue weighted by Gasteiger charge is -2.27. The van der Waals surface area contributed by atoms with Crippen LogP contribution in [0.25, 0.3) is 0 Å². The minimum atomic E-state index is 0.465. The molecule has 19 heavy (non-hydrogen) atoms. The number of morpholine rings is 1. The van der Waals surface area contributed by atoms with Crippen molar-refractivity contribution in [3.8, 4) is 5.75 Å². The van der Waals surface area contributed by atoms with E-state index in [9.17, 15) is 0 Å². The Kier molecular flexibility index (Phi) is 5.08. The van der Waals surface area contributed by atoms with Gasteiger partial charge in [0.15, 0.2) is 0 Å². The van der Waals surface area contributed by atoms with E-state index < -0.39 is 0 Å². The number of nitrogens with zero attached hydrogens (tertiary/aromatic N) is 1. The maximum Gasteiger partial charge on any atom is 0.141 e. The van der Waals surface area contributed by atoms with Crippen LogP contribution in [0.3, 0.4) is 0 Å². The largest absolute Gasteiger partial charge is 0.495 e. The Labute approximate surface area is 120 Å². The molecule has 0 amide bonds. The Morgan fingerprint density at radius 1 is 1.32 bits per heavy atom. The quantitative estimate of drug-likeness (QED) is 0.846. The zero-order valence-corrected chi connectivity index (χ0v) is 12.7. The summed E-state index contributed by atoms with van der Waals surface area (Å²) in [6.45, 7) is 8.76. The van der Waals surface area contributed by atoms with Gasteiger partial charge in [0.1, 0.15) is 5.75 Å². The molecule has 1 aromatic carbocycles. The van der Waals surface area contributed by atoms with Gasteiger partial charge in [0, 0.05) is 25.2 Å². The summed E-state index contributed by atoms with van der Waals surface area (Å²) in [7, 11) is 1.68. The topological polar surface area (TPSA) is 21.7 Å². The predicted octanol–water partition coefficient (Wildman–Crippen LogP) is 3.30. The molecule has 1 heterocycles. The molecule has 1 aromatic rings. The first kappa shape index (κ1) is 14.6. The van der Waals surface area contributed by atoms with Crippen LogP contribution in [-0.4, -0.2) is 38.3 Å². The number of ether oxygens (including phenoxy) is 2. The Hall–Kier alpha value is -0.770. The van der Waals surface area contributed by atoms with Gasteiger partial charge in [-0.25, -0.2) is 0 Å². The molecule has 3 nitrogen and oxygen atoms in total. The van der Waals surface area contributed by atoms with Gasteiger partial charge in [0.05, 0.1) is 25.3 Å². The van der Waals surface area contributed by atoms with Crippen molar-refractivity contribution in [2.24, 2.45) is 0 Å². The molecule has 4 heteroatoms. The molecule has 0 radical (unpaired) electrons. The number of benzene rings is 1. The van der Waals surface area contributed by atoms with Crippen LogP contribution in [0.15, 0.2) is 12.1 Å². The van der Waals surface area contributed by atoms with Crippen LogP contribution in [-0.2, 0) is 11.3 Å². The predicted molar refractivity (Wildman–Crippen MR) is 78.2 cm³/mol. The number of hydrogen-bond acceptors (Lipinski definition) is 3. The van der Waals surface area contributed by atoms with Crippen LogP contribution in [0.1, 0.15) is 30.9 Å². The molecule has 2 rings (SSSR count). The highest BCUT2D eigenvalue weighted by molar-refractivity contribution is 6.32. The van der Waals surface area contributed by atoms with E-state index in [2.05, 4.69) is 24.8 Å². The Morgan fingerprint density at radius 3 is 2.58 bits per heavy atom. The van der Waals surface area contributed by atoms with Crippen LogP contribution in [0, 0.1) is 0 Å². The highest BCUT2D eigenvalue weighted by Crippen LogP contribution is 2.33. The third kappa shape index (κ3) is 3.62. The van der Waals surface area contributed by atoms with Gasteiger partial charge in [-0.1, -0.05) is 31.5 Å². The lowest BCUT2D eigenvalue weighted by molar-refractivity contribution is 0.0339. The number of hydrogen-bond donors (Lipinski definition) is 0. The fourth-order valence-electron chi connectivity index (χ4n) is 2.35. The molecular formula is C15H22ClNO2. The molecule has 0 aliphatic carbocycles. The van der Waals surface area contributed by atoms with E-state index in [1.807, 2.05) is 6.07 Å². The van der Waals surface area contributed by atoms with E-state index in [1.165, 1.54) is 11.1 Å². The molecule has 0 atom stereocenters. The molecule has 0 spiro atoms. The van der Waals surface area contributed by atoms with Crippen LogP contribution in [0.5, 0.6) is 5.75 Å². The summed E-state index contributed by atoms with van der Waals surface area (Å²) in [5.74, 6) is 1.27. The maximum atomic E-state index is 6.33. The SMILES string of the molecule is COc1c(Cl)cc(C(C)C)cc1CN1CCOCC1. The first-order valence-electron chi connectivity index (χ1n) is 6.78. The van der Waals surface area contributed by atoms with E-state index in [0.717, 1.165) is 38.6 Å². The lowest BCUT2D eigenvalue weighted by atomic mass is 10.00. The van der Waals surface area contributed by atoms with Crippen LogP contribution >= 0.6 is 11.6 Å². The smallest absolute Gasteiger partial charge is 0.141 e. The minimum absolute atomic E-state index is 0.465. The lowest BCUT2D eigenvalue weighted by Crippen LogP contribution is -2.35. The highest BCUT2D eigenvalue weighted by Gasteiger charge is 2.16. The summed E-state index contributed by atoms with van der Waals surface area (Å²) in [6.07, 6.45) is 0. The summed E-state index contributed by atoms with van der Waals surface area (Å²) < 4.78 is 10.8. The van der Waals surface area contributed by atoms with E-state index in [4.69, 9.17) is 21.1 Å². The first-order valence-corrected chi connectivity index (χ1v) is 7.16. The van der Waals surface area contributed by atoms with Crippen LogP contribution in [0.2, 0.25) is 5.02 Å². The van der Waals surface area contributed by atoms with Gasteiger partial charge in [-0.3, -0.25) is 4.90 Å². The van der Waals surface area contributed by atoms with Gasteiger partial charge < -0.3 is 9.47 Å². The van der Waals surface area contributed by atoms with Crippen molar-refractivity contribution in [3.63, 3.8) is 0 Å². The Bertz CT molecular complexity index is 428. The third-order valence-electron chi connectivity index (χ3n) is 3.51. The van der Waals surface area contributed by atoms with Crippen molar-refractivity contribution in [2.75, 3.05) is 33.4 Å². The Morgan fingerprint density at radius 2 is 2.00 bits per heavy atom. The van der Waals surface area contributed by atoms with Crippen molar-refractivity contribution < 1.29 is 9.47 Å². The molecule has 0 bridgehead atoms. The highest BCUT2D eigenvalue weighted by atomic mass is 35.5. The van der Waals surface area contributed by atoms with Crippen molar-refractivity contribution in [2.45, 2.75) is 26.3 Å². The van der Waals surface area contributed by atoms with Gasteiger partial charge >= 0.3 is 0 Å². The third-order valence-corrected chi connectivity index (χ3v) is 3.79. The Balaban J connectivity index is 2.25. The monoisotopic (exact) mass is 283 g/mol. The van der Waals surface area contributed by atoms with Gasteiger partial charge in [0.2, 0.25) is 0 Å². The van der Waals surface area contributed by atoms with Crippen molar-refractivity contribution in [3.05, 3.63) is 28.3 Å². The fraction of sp³-hybridized carbons (Fsp3) is 0.600. The maximum absolute atomic E-state index is 6.33. The average molecular weight is 284 g/mol. The molecule has 1 aliphatic rings. The van der Waals surface area contributed by atoms with E-state index in [1.54, 1.807) is 7.11 Å². The van der Waals surface area contributed by atoms with Crippen molar-refractivity contribution in [1.29, 1.82) is 0 Å². The van der Waals surface area contributed by atoms with Gasteiger partial charge in [-0.2, -0.15) is 0 Å². The van der Waals surface area contributed by atoms with E-state index in [0.29, 0.717) is 10.9 Å². The standard InChI is InChI=1S/C15H22ClNO2/c1-11(2)12-8-13(15(18-3)14(16)9-12)10-17-4-6-19-7-5-17/h8-9,11H,4-7,10H2,1-3H3. The average Bonchev–Trinajstić information content (AvgIpc) is 2.39. The van der Waals surface area contributed by atoms with E-state index in [-0.39, 0.29) is 0 Å².